The predicted molar refractivity (Wildman–Crippen MR) is 193 cm³/mol. The maximum atomic E-state index is 14.0. The molecule has 0 unspecified atom stereocenters. The SMILES string of the molecule is CC(C)C1CCN([C@H]2C[C@@H](COC3CCC(C(=O)O)CC3)N(C(=O)Cc3cc(Cl)c(NC(=O)c4cn(C)c5ccccc45)cc3Cl)C2)CC1. The molecule has 2 amide bonds. The molecule has 3 fully saturated rings. The molecule has 3 aliphatic rings. The Morgan fingerprint density at radius 3 is 2.41 bits per heavy atom. The van der Waals surface area contributed by atoms with Crippen molar-refractivity contribution in [3.63, 3.8) is 0 Å². The number of benzene rings is 2. The normalized spacial score (nSPS) is 23.8. The maximum absolute atomic E-state index is 14.0. The van der Waals surface area contributed by atoms with Crippen LogP contribution in [0.4, 0.5) is 5.69 Å². The van der Waals surface area contributed by atoms with Gasteiger partial charge in [0.25, 0.3) is 5.91 Å². The molecule has 9 nitrogen and oxygen atoms in total. The van der Waals surface area contributed by atoms with Crippen molar-refractivity contribution in [2.75, 3.05) is 31.6 Å². The first-order chi connectivity index (χ1) is 23.5. The number of hydrogen-bond acceptors (Lipinski definition) is 5. The lowest BCUT2D eigenvalue weighted by Gasteiger charge is -2.37. The van der Waals surface area contributed by atoms with Gasteiger partial charge in [0.2, 0.25) is 5.91 Å². The number of aryl methyl sites for hydroxylation is 1. The van der Waals surface area contributed by atoms with Crippen molar-refractivity contribution in [2.45, 2.75) is 83.4 Å². The quantitative estimate of drug-likeness (QED) is 0.229. The summed E-state index contributed by atoms with van der Waals surface area (Å²) in [6.45, 7) is 7.74. The number of amides is 2. The minimum atomic E-state index is -0.728. The third kappa shape index (κ3) is 8.11. The number of nitrogens with one attached hydrogen (secondary N) is 1. The Hall–Kier alpha value is -3.11. The molecule has 0 bridgehead atoms. The lowest BCUT2D eigenvalue weighted by molar-refractivity contribution is -0.144. The zero-order chi connectivity index (χ0) is 34.8. The van der Waals surface area contributed by atoms with E-state index in [0.717, 1.165) is 49.2 Å². The van der Waals surface area contributed by atoms with Gasteiger partial charge < -0.3 is 24.6 Å². The van der Waals surface area contributed by atoms with Crippen LogP contribution in [-0.2, 0) is 27.8 Å². The van der Waals surface area contributed by atoms with Crippen LogP contribution in [-0.4, -0.2) is 81.7 Å². The Morgan fingerprint density at radius 2 is 1.71 bits per heavy atom. The van der Waals surface area contributed by atoms with Crippen LogP contribution in [0.15, 0.2) is 42.6 Å². The van der Waals surface area contributed by atoms with Crippen LogP contribution in [0.2, 0.25) is 10.0 Å². The third-order valence-electron chi connectivity index (χ3n) is 11.2. The molecule has 11 heteroatoms. The highest BCUT2D eigenvalue weighted by Gasteiger charge is 2.40. The molecule has 1 aromatic heterocycles. The number of piperidine rings is 1. The van der Waals surface area contributed by atoms with E-state index in [1.807, 2.05) is 40.8 Å². The number of rotatable bonds is 10. The van der Waals surface area contributed by atoms with Crippen molar-refractivity contribution in [3.8, 4) is 0 Å². The fraction of sp³-hybridized carbons (Fsp3) is 0.553. The summed E-state index contributed by atoms with van der Waals surface area (Å²) < 4.78 is 8.28. The van der Waals surface area contributed by atoms with E-state index in [1.165, 1.54) is 12.8 Å². The molecule has 0 spiro atoms. The van der Waals surface area contributed by atoms with E-state index in [9.17, 15) is 19.5 Å². The molecule has 0 radical (unpaired) electrons. The average Bonchev–Trinajstić information content (AvgIpc) is 3.67. The van der Waals surface area contributed by atoms with Crippen molar-refractivity contribution >= 4 is 57.6 Å². The number of hydrogen-bond donors (Lipinski definition) is 2. The second kappa shape index (κ2) is 15.4. The minimum absolute atomic E-state index is 0.0123. The Bertz CT molecular complexity index is 1680. The number of fused-ring (bicyclic) bond motifs is 1. The molecule has 1 aliphatic carbocycles. The summed E-state index contributed by atoms with van der Waals surface area (Å²) in [5.41, 5.74) is 2.47. The lowest BCUT2D eigenvalue weighted by atomic mass is 9.86. The molecule has 3 aromatic rings. The summed E-state index contributed by atoms with van der Waals surface area (Å²) >= 11 is 13.4. The van der Waals surface area contributed by atoms with Gasteiger partial charge in [0.1, 0.15) is 0 Å². The number of aliphatic carboxylic acids is 1. The van der Waals surface area contributed by atoms with Gasteiger partial charge in [-0.3, -0.25) is 19.3 Å². The van der Waals surface area contributed by atoms with Gasteiger partial charge in [0, 0.05) is 41.8 Å². The summed E-state index contributed by atoms with van der Waals surface area (Å²) in [7, 11) is 1.90. The van der Waals surface area contributed by atoms with E-state index < -0.39 is 5.97 Å². The van der Waals surface area contributed by atoms with E-state index in [0.29, 0.717) is 58.8 Å². The van der Waals surface area contributed by atoms with E-state index in [2.05, 4.69) is 24.1 Å². The van der Waals surface area contributed by atoms with Crippen molar-refractivity contribution in [2.24, 2.45) is 24.8 Å². The summed E-state index contributed by atoms with van der Waals surface area (Å²) in [5, 5.41) is 13.8. The number of anilines is 1. The van der Waals surface area contributed by atoms with Gasteiger partial charge in [-0.2, -0.15) is 0 Å². The fourth-order valence-corrected chi connectivity index (χ4v) is 8.55. The predicted octanol–water partition coefficient (Wildman–Crippen LogP) is 7.28. The standard InChI is InChI=1S/C38H48Cl2N4O5/c1-23(2)24-12-14-43(15-13-24)27-18-28(22-49-29-10-8-25(9-11-29)38(47)48)44(20-27)36(45)17-26-16-33(40)34(19-32(26)39)41-37(46)31-21-42(3)35-7-5-4-6-30(31)35/h4-7,16,19,21,23-25,27-29H,8-15,17-18,20,22H2,1-3H3,(H,41,46)(H,47,48)/t25?,27-,28-,29?/m0/s1. The number of carboxylic acid groups (broad SMARTS) is 1. The highest BCUT2D eigenvalue weighted by molar-refractivity contribution is 6.36. The number of para-hydroxylation sites is 1. The largest absolute Gasteiger partial charge is 0.481 e. The van der Waals surface area contributed by atoms with Crippen LogP contribution >= 0.6 is 23.2 Å². The monoisotopic (exact) mass is 710 g/mol. The van der Waals surface area contributed by atoms with Gasteiger partial charge in [-0.1, -0.05) is 55.2 Å². The molecule has 6 rings (SSSR count). The number of carbonyl (C=O) groups excluding carboxylic acids is 2. The molecule has 2 atom stereocenters. The molecule has 1 saturated carbocycles. The summed E-state index contributed by atoms with van der Waals surface area (Å²) in [6, 6.07) is 11.2. The Balaban J connectivity index is 1.13. The number of likely N-dealkylation sites (tertiary alicyclic amines) is 2. The van der Waals surface area contributed by atoms with Gasteiger partial charge in [-0.05, 0) is 93.6 Å². The van der Waals surface area contributed by atoms with Crippen LogP contribution in [0, 0.1) is 17.8 Å². The average molecular weight is 712 g/mol. The van der Waals surface area contributed by atoms with Crippen molar-refractivity contribution < 1.29 is 24.2 Å². The van der Waals surface area contributed by atoms with Gasteiger partial charge >= 0.3 is 5.97 Å². The number of carboxylic acids is 1. The van der Waals surface area contributed by atoms with Crippen LogP contribution in [0.25, 0.3) is 10.9 Å². The molecule has 2 N–H and O–H groups in total. The first kappa shape index (κ1) is 35.7. The van der Waals surface area contributed by atoms with Crippen molar-refractivity contribution in [3.05, 3.63) is 63.8 Å². The Labute approximate surface area is 298 Å². The first-order valence-electron chi connectivity index (χ1n) is 17.7. The third-order valence-corrected chi connectivity index (χ3v) is 11.8. The highest BCUT2D eigenvalue weighted by atomic mass is 35.5. The van der Waals surface area contributed by atoms with E-state index >= 15 is 0 Å². The molecule has 2 saturated heterocycles. The van der Waals surface area contributed by atoms with Gasteiger partial charge in [0.15, 0.2) is 0 Å². The van der Waals surface area contributed by atoms with Crippen LogP contribution in [0.3, 0.4) is 0 Å². The second-order valence-corrected chi connectivity index (χ2v) is 15.4. The van der Waals surface area contributed by atoms with Gasteiger partial charge in [-0.25, -0.2) is 0 Å². The molecule has 2 aromatic carbocycles. The second-order valence-electron chi connectivity index (χ2n) is 14.6. The zero-order valence-electron chi connectivity index (χ0n) is 28.7. The van der Waals surface area contributed by atoms with Crippen LogP contribution < -0.4 is 5.32 Å². The van der Waals surface area contributed by atoms with E-state index in [1.54, 1.807) is 18.3 Å². The summed E-state index contributed by atoms with van der Waals surface area (Å²) in [5.74, 6) is 0.0654. The number of aromatic nitrogens is 1. The maximum Gasteiger partial charge on any atom is 0.306 e. The topological polar surface area (TPSA) is 104 Å². The zero-order valence-corrected chi connectivity index (χ0v) is 30.2. The number of halogens is 2. The number of ether oxygens (including phenoxy) is 1. The van der Waals surface area contributed by atoms with Gasteiger partial charge in [-0.15, -0.1) is 0 Å². The molecular formula is C38H48Cl2N4O5. The summed E-state index contributed by atoms with van der Waals surface area (Å²) in [4.78, 5) is 43.2. The molecule has 3 heterocycles. The number of nitrogens with zero attached hydrogens (tertiary/aromatic N) is 3. The molecule has 2 aliphatic heterocycles. The lowest BCUT2D eigenvalue weighted by Crippen LogP contribution is -2.44. The fourth-order valence-electron chi connectivity index (χ4n) is 8.09. The first-order valence-corrected chi connectivity index (χ1v) is 18.4. The van der Waals surface area contributed by atoms with E-state index in [4.69, 9.17) is 27.9 Å². The van der Waals surface area contributed by atoms with Crippen LogP contribution in [0.5, 0.6) is 0 Å². The summed E-state index contributed by atoms with van der Waals surface area (Å²) in [6.07, 6.45) is 7.77. The smallest absolute Gasteiger partial charge is 0.306 e. The van der Waals surface area contributed by atoms with Gasteiger partial charge in [0.05, 0.1) is 47.4 Å². The van der Waals surface area contributed by atoms with E-state index in [-0.39, 0.29) is 42.3 Å². The number of carbonyl (C=O) groups is 3. The van der Waals surface area contributed by atoms with Crippen molar-refractivity contribution in [1.82, 2.24) is 14.4 Å². The Morgan fingerprint density at radius 1 is 1.00 bits per heavy atom. The molecular weight excluding hydrogens is 663 g/mol. The Kier molecular flexibility index (Phi) is 11.2. The molecule has 264 valence electrons. The van der Waals surface area contributed by atoms with Crippen LogP contribution in [0.1, 0.15) is 74.7 Å². The minimum Gasteiger partial charge on any atom is -0.481 e. The van der Waals surface area contributed by atoms with Crippen molar-refractivity contribution in [1.29, 1.82) is 0 Å². The highest BCUT2D eigenvalue weighted by Crippen LogP contribution is 2.34. The molecule has 49 heavy (non-hydrogen) atoms.